The van der Waals surface area contributed by atoms with Crippen LogP contribution in [0.2, 0.25) is 0 Å². The molecule has 0 aliphatic carbocycles. The van der Waals surface area contributed by atoms with Gasteiger partial charge in [-0.15, -0.1) is 0 Å². The van der Waals surface area contributed by atoms with Crippen molar-refractivity contribution in [3.05, 3.63) is 106 Å². The predicted molar refractivity (Wildman–Crippen MR) is 145 cm³/mol. The maximum atomic E-state index is 14.4. The lowest BCUT2D eigenvalue weighted by molar-refractivity contribution is 0.0783. The first-order chi connectivity index (χ1) is 17.7. The van der Waals surface area contributed by atoms with E-state index in [9.17, 15) is 9.18 Å². The lowest BCUT2D eigenvalue weighted by Crippen LogP contribution is -2.38. The molecule has 2 aliphatic heterocycles. The summed E-state index contributed by atoms with van der Waals surface area (Å²) in [5.41, 5.74) is 3.39. The van der Waals surface area contributed by atoms with Crippen molar-refractivity contribution in [1.29, 1.82) is 0 Å². The molecule has 2 aliphatic rings. The van der Waals surface area contributed by atoms with Crippen LogP contribution in [0.5, 0.6) is 0 Å². The molecule has 36 heavy (non-hydrogen) atoms. The number of thiophene rings is 1. The summed E-state index contributed by atoms with van der Waals surface area (Å²) in [6, 6.07) is 23.5. The van der Waals surface area contributed by atoms with Crippen LogP contribution >= 0.6 is 11.3 Å². The van der Waals surface area contributed by atoms with Crippen LogP contribution in [-0.2, 0) is 0 Å². The number of benzene rings is 3. The van der Waals surface area contributed by atoms with Crippen LogP contribution in [0.3, 0.4) is 0 Å². The van der Waals surface area contributed by atoms with Crippen molar-refractivity contribution < 1.29 is 9.18 Å². The molecule has 4 aromatic rings. The van der Waals surface area contributed by atoms with Crippen molar-refractivity contribution in [3.63, 3.8) is 0 Å². The summed E-state index contributed by atoms with van der Waals surface area (Å²) in [5, 5.41) is 5.58. The van der Waals surface area contributed by atoms with Crippen LogP contribution in [0.25, 0.3) is 10.8 Å². The monoisotopic (exact) mass is 498 g/mol. The molecule has 5 heteroatoms. The average Bonchev–Trinajstić information content (AvgIpc) is 3.60. The summed E-state index contributed by atoms with van der Waals surface area (Å²) >= 11 is 1.72. The fraction of sp³-hybridized carbons (Fsp3) is 0.323. The summed E-state index contributed by atoms with van der Waals surface area (Å²) < 4.78 is 14.4. The topological polar surface area (TPSA) is 23.6 Å². The van der Waals surface area contributed by atoms with Crippen molar-refractivity contribution in [1.82, 2.24) is 9.80 Å². The molecular formula is C31H31FN2OS. The number of carbonyl (C=O) groups is 1. The molecule has 1 amide bonds. The SMILES string of the molecule is O=C(c1ccc(F)c2ccccc12)N1CC(CN2CCC(c3ccccc3)CC2)C(c2ccsc2)C1. The molecule has 2 unspecified atom stereocenters. The third-order valence-electron chi connectivity index (χ3n) is 8.15. The van der Waals surface area contributed by atoms with E-state index in [0.29, 0.717) is 40.6 Å². The first-order valence-corrected chi connectivity index (χ1v) is 13.9. The summed E-state index contributed by atoms with van der Waals surface area (Å²) in [6.07, 6.45) is 2.37. The van der Waals surface area contributed by atoms with Gasteiger partial charge in [0.1, 0.15) is 5.82 Å². The van der Waals surface area contributed by atoms with E-state index < -0.39 is 0 Å². The van der Waals surface area contributed by atoms with Crippen LogP contribution in [-0.4, -0.2) is 48.4 Å². The Morgan fingerprint density at radius 3 is 2.36 bits per heavy atom. The number of hydrogen-bond donors (Lipinski definition) is 0. The standard InChI is InChI=1S/C31H31FN2OS/c32-30-11-10-28(26-8-4-5-9-27(26)30)31(35)34-19-25(29(20-34)24-14-17-36-21-24)18-33-15-12-23(13-16-33)22-6-2-1-3-7-22/h1-11,14,17,21,23,25,29H,12-13,15-16,18-20H2. The molecule has 0 radical (unpaired) electrons. The zero-order valence-corrected chi connectivity index (χ0v) is 21.2. The summed E-state index contributed by atoms with van der Waals surface area (Å²) in [5.74, 6) is 1.10. The molecule has 0 bridgehead atoms. The van der Waals surface area contributed by atoms with Crippen LogP contribution in [0.4, 0.5) is 4.39 Å². The van der Waals surface area contributed by atoms with Gasteiger partial charge in [0.15, 0.2) is 0 Å². The van der Waals surface area contributed by atoms with Gasteiger partial charge in [-0.2, -0.15) is 11.3 Å². The summed E-state index contributed by atoms with van der Waals surface area (Å²) in [6.45, 7) is 4.66. The van der Waals surface area contributed by atoms with Crippen LogP contribution in [0.15, 0.2) is 83.6 Å². The van der Waals surface area contributed by atoms with Gasteiger partial charge in [0, 0.05) is 36.5 Å². The minimum absolute atomic E-state index is 0.0108. The maximum Gasteiger partial charge on any atom is 0.254 e. The Balaban J connectivity index is 1.19. The fourth-order valence-corrected chi connectivity index (χ4v) is 6.94. The highest BCUT2D eigenvalue weighted by atomic mass is 32.1. The molecule has 6 rings (SSSR count). The van der Waals surface area contributed by atoms with Gasteiger partial charge in [0.25, 0.3) is 5.91 Å². The van der Waals surface area contributed by atoms with E-state index in [1.807, 2.05) is 23.1 Å². The van der Waals surface area contributed by atoms with E-state index in [0.717, 1.165) is 26.2 Å². The highest BCUT2D eigenvalue weighted by molar-refractivity contribution is 7.08. The van der Waals surface area contributed by atoms with Crippen molar-refractivity contribution in [3.8, 4) is 0 Å². The average molecular weight is 499 g/mol. The molecule has 3 heterocycles. The lowest BCUT2D eigenvalue weighted by Gasteiger charge is -2.34. The van der Waals surface area contributed by atoms with Gasteiger partial charge in [-0.3, -0.25) is 4.79 Å². The van der Waals surface area contributed by atoms with Crippen molar-refractivity contribution >= 4 is 28.0 Å². The molecule has 2 saturated heterocycles. The van der Waals surface area contributed by atoms with E-state index in [1.54, 1.807) is 23.5 Å². The third-order valence-corrected chi connectivity index (χ3v) is 8.85. The lowest BCUT2D eigenvalue weighted by atomic mass is 9.87. The number of piperidine rings is 1. The molecule has 0 N–H and O–H groups in total. The highest BCUT2D eigenvalue weighted by Crippen LogP contribution is 2.37. The van der Waals surface area contributed by atoms with Gasteiger partial charge in [0.2, 0.25) is 0 Å². The van der Waals surface area contributed by atoms with Gasteiger partial charge >= 0.3 is 0 Å². The number of fused-ring (bicyclic) bond motifs is 1. The minimum Gasteiger partial charge on any atom is -0.338 e. The first-order valence-electron chi connectivity index (χ1n) is 12.9. The highest BCUT2D eigenvalue weighted by Gasteiger charge is 2.38. The normalized spacial score (nSPS) is 21.3. The second-order valence-electron chi connectivity index (χ2n) is 10.3. The Bertz CT molecular complexity index is 1330. The number of nitrogens with zero attached hydrogens (tertiary/aromatic N) is 2. The van der Waals surface area contributed by atoms with Crippen molar-refractivity contribution in [2.45, 2.75) is 24.7 Å². The molecule has 2 atom stereocenters. The molecule has 2 fully saturated rings. The molecule has 0 saturated carbocycles. The van der Waals surface area contributed by atoms with E-state index >= 15 is 0 Å². The second kappa shape index (κ2) is 10.2. The maximum absolute atomic E-state index is 14.4. The fourth-order valence-electron chi connectivity index (χ4n) is 6.21. The van der Waals surface area contributed by atoms with E-state index in [1.165, 1.54) is 30.0 Å². The predicted octanol–water partition coefficient (Wildman–Crippen LogP) is 6.78. The quantitative estimate of drug-likeness (QED) is 0.303. The number of carbonyl (C=O) groups excluding carboxylic acids is 1. The zero-order valence-electron chi connectivity index (χ0n) is 20.4. The largest absolute Gasteiger partial charge is 0.338 e. The number of halogens is 1. The van der Waals surface area contributed by atoms with Crippen molar-refractivity contribution in [2.75, 3.05) is 32.7 Å². The van der Waals surface area contributed by atoms with Crippen LogP contribution < -0.4 is 0 Å². The Morgan fingerprint density at radius 2 is 1.61 bits per heavy atom. The number of amides is 1. The van der Waals surface area contributed by atoms with E-state index in [4.69, 9.17) is 0 Å². The molecule has 3 aromatic carbocycles. The molecule has 184 valence electrons. The van der Waals surface area contributed by atoms with Crippen LogP contribution in [0.1, 0.15) is 46.2 Å². The third kappa shape index (κ3) is 4.58. The number of rotatable bonds is 5. The zero-order chi connectivity index (χ0) is 24.5. The molecule has 1 aromatic heterocycles. The van der Waals surface area contributed by atoms with Gasteiger partial charge in [-0.1, -0.05) is 54.6 Å². The Morgan fingerprint density at radius 1 is 0.861 bits per heavy atom. The van der Waals surface area contributed by atoms with Crippen molar-refractivity contribution in [2.24, 2.45) is 5.92 Å². The van der Waals surface area contributed by atoms with Gasteiger partial charge < -0.3 is 9.80 Å². The summed E-state index contributed by atoms with van der Waals surface area (Å²) in [4.78, 5) is 18.3. The smallest absolute Gasteiger partial charge is 0.254 e. The van der Waals surface area contributed by atoms with Gasteiger partial charge in [-0.05, 0) is 83.2 Å². The molecular weight excluding hydrogens is 467 g/mol. The Hall–Kier alpha value is -3.02. The Labute approximate surface area is 216 Å². The number of likely N-dealkylation sites (tertiary alicyclic amines) is 2. The van der Waals surface area contributed by atoms with Gasteiger partial charge in [0.05, 0.1) is 0 Å². The molecule has 0 spiro atoms. The van der Waals surface area contributed by atoms with E-state index in [2.05, 4.69) is 52.1 Å². The number of hydrogen-bond acceptors (Lipinski definition) is 3. The molecule has 3 nitrogen and oxygen atoms in total. The second-order valence-corrected chi connectivity index (χ2v) is 11.0. The minimum atomic E-state index is -0.281. The summed E-state index contributed by atoms with van der Waals surface area (Å²) in [7, 11) is 0. The van der Waals surface area contributed by atoms with E-state index in [-0.39, 0.29) is 11.7 Å². The van der Waals surface area contributed by atoms with Gasteiger partial charge in [-0.25, -0.2) is 4.39 Å². The van der Waals surface area contributed by atoms with Crippen LogP contribution in [0, 0.1) is 11.7 Å². The Kier molecular flexibility index (Phi) is 6.60. The first kappa shape index (κ1) is 23.4.